The summed E-state index contributed by atoms with van der Waals surface area (Å²) in [6, 6.07) is 0. The molecule has 4 saturated carbocycles. The molecule has 3 N–H and O–H groups in total. The second-order valence-corrected chi connectivity index (χ2v) is 9.48. The number of nitrogens with two attached hydrogens (primary N) is 1. The molecule has 4 fully saturated rings. The van der Waals surface area contributed by atoms with Crippen LogP contribution < -0.4 is 11.1 Å². The molecule has 0 aromatic carbocycles. The Morgan fingerprint density at radius 3 is 2.19 bits per heavy atom. The first-order valence-electron chi connectivity index (χ1n) is 8.68. The number of hydrogen-bond donors (Lipinski definition) is 2. The Balaban J connectivity index is 1.86. The standard InChI is InChI=1S/C18H32N2O/c1-5-17(4,12-19)20-14(21)18-8-13-6-15(2,10-18)9-16(3,7-13)11-18/h13H,5-12,19H2,1-4H3,(H,20,21). The fourth-order valence-corrected chi connectivity index (χ4v) is 6.39. The predicted molar refractivity (Wildman–Crippen MR) is 85.7 cm³/mol. The van der Waals surface area contributed by atoms with Crippen LogP contribution in [0.25, 0.3) is 0 Å². The zero-order valence-corrected chi connectivity index (χ0v) is 14.2. The molecule has 3 unspecified atom stereocenters. The van der Waals surface area contributed by atoms with Crippen LogP contribution in [-0.2, 0) is 4.79 Å². The van der Waals surface area contributed by atoms with Crippen LogP contribution in [0.3, 0.4) is 0 Å². The lowest BCUT2D eigenvalue weighted by Crippen LogP contribution is -2.63. The Bertz CT molecular complexity index is 436. The molecule has 4 bridgehead atoms. The van der Waals surface area contributed by atoms with Crippen LogP contribution in [0.1, 0.15) is 72.6 Å². The second kappa shape index (κ2) is 4.47. The van der Waals surface area contributed by atoms with Gasteiger partial charge in [0.25, 0.3) is 0 Å². The van der Waals surface area contributed by atoms with Crippen molar-refractivity contribution in [3.63, 3.8) is 0 Å². The molecule has 0 radical (unpaired) electrons. The number of amides is 1. The van der Waals surface area contributed by atoms with E-state index >= 15 is 0 Å². The minimum Gasteiger partial charge on any atom is -0.349 e. The third-order valence-electron chi connectivity index (χ3n) is 6.75. The van der Waals surface area contributed by atoms with Crippen LogP contribution in [-0.4, -0.2) is 18.0 Å². The summed E-state index contributed by atoms with van der Waals surface area (Å²) in [6.45, 7) is 9.53. The van der Waals surface area contributed by atoms with Gasteiger partial charge < -0.3 is 11.1 Å². The fourth-order valence-electron chi connectivity index (χ4n) is 6.39. The highest BCUT2D eigenvalue weighted by molar-refractivity contribution is 5.84. The summed E-state index contributed by atoms with van der Waals surface area (Å²) in [5, 5.41) is 3.32. The summed E-state index contributed by atoms with van der Waals surface area (Å²) in [5.41, 5.74) is 6.30. The van der Waals surface area contributed by atoms with Crippen molar-refractivity contribution < 1.29 is 4.79 Å². The molecule has 3 atom stereocenters. The molecule has 21 heavy (non-hydrogen) atoms. The second-order valence-electron chi connectivity index (χ2n) is 9.48. The van der Waals surface area contributed by atoms with Gasteiger partial charge in [-0.25, -0.2) is 0 Å². The van der Waals surface area contributed by atoms with E-state index in [1.807, 2.05) is 0 Å². The maximum atomic E-state index is 13.1. The maximum absolute atomic E-state index is 13.1. The van der Waals surface area contributed by atoms with Gasteiger partial charge in [0.1, 0.15) is 0 Å². The van der Waals surface area contributed by atoms with Crippen molar-refractivity contribution in [1.82, 2.24) is 5.32 Å². The van der Waals surface area contributed by atoms with Gasteiger partial charge in [0, 0.05) is 12.1 Å². The smallest absolute Gasteiger partial charge is 0.226 e. The Kier molecular flexibility index (Phi) is 3.26. The summed E-state index contributed by atoms with van der Waals surface area (Å²) in [7, 11) is 0. The molecule has 4 rings (SSSR count). The first-order valence-corrected chi connectivity index (χ1v) is 8.68. The van der Waals surface area contributed by atoms with Crippen molar-refractivity contribution in [3.05, 3.63) is 0 Å². The van der Waals surface area contributed by atoms with Crippen LogP contribution >= 0.6 is 0 Å². The summed E-state index contributed by atoms with van der Waals surface area (Å²) in [4.78, 5) is 13.1. The van der Waals surface area contributed by atoms with Crippen molar-refractivity contribution in [1.29, 1.82) is 0 Å². The Labute approximate surface area is 129 Å². The van der Waals surface area contributed by atoms with E-state index in [-0.39, 0.29) is 11.0 Å². The number of carbonyl (C=O) groups excluding carboxylic acids is 1. The lowest BCUT2D eigenvalue weighted by atomic mass is 9.40. The SMILES string of the molecule is CCC(C)(CN)NC(=O)C12CC3CC(C)(CC(C)(C3)C1)C2. The van der Waals surface area contributed by atoms with Crippen LogP contribution in [0.4, 0.5) is 0 Å². The lowest BCUT2D eigenvalue weighted by Gasteiger charge is -2.64. The minimum atomic E-state index is -0.248. The van der Waals surface area contributed by atoms with Crippen LogP contribution in [0.2, 0.25) is 0 Å². The number of hydrogen-bond acceptors (Lipinski definition) is 2. The summed E-state index contributed by atoms with van der Waals surface area (Å²) in [5.74, 6) is 1.05. The third kappa shape index (κ3) is 2.42. The number of rotatable bonds is 4. The van der Waals surface area contributed by atoms with E-state index in [2.05, 4.69) is 33.0 Å². The molecule has 120 valence electrons. The average Bonchev–Trinajstić information content (AvgIpc) is 2.34. The van der Waals surface area contributed by atoms with Gasteiger partial charge in [-0.05, 0) is 68.6 Å². The van der Waals surface area contributed by atoms with Gasteiger partial charge in [-0.15, -0.1) is 0 Å². The maximum Gasteiger partial charge on any atom is 0.226 e. The molecule has 3 heteroatoms. The highest BCUT2D eigenvalue weighted by Gasteiger charge is 2.62. The van der Waals surface area contributed by atoms with Crippen molar-refractivity contribution in [2.24, 2.45) is 27.9 Å². The molecule has 0 heterocycles. The molecule has 0 aliphatic heterocycles. The van der Waals surface area contributed by atoms with Gasteiger partial charge in [-0.2, -0.15) is 0 Å². The predicted octanol–water partition coefficient (Wildman–Crippen LogP) is 3.23. The van der Waals surface area contributed by atoms with Crippen molar-refractivity contribution in [2.45, 2.75) is 78.2 Å². The molecule has 0 aromatic heterocycles. The zero-order valence-electron chi connectivity index (χ0n) is 14.2. The normalized spacial score (nSPS) is 47.2. The summed E-state index contributed by atoms with van der Waals surface area (Å²) >= 11 is 0. The molecular formula is C18H32N2O. The molecule has 4 aliphatic rings. The number of nitrogens with one attached hydrogen (secondary N) is 1. The highest BCUT2D eigenvalue weighted by atomic mass is 16.2. The van der Waals surface area contributed by atoms with Gasteiger partial charge in [0.2, 0.25) is 5.91 Å². The first kappa shape index (κ1) is 15.3. The lowest BCUT2D eigenvalue weighted by molar-refractivity contribution is -0.171. The topological polar surface area (TPSA) is 55.1 Å². The van der Waals surface area contributed by atoms with E-state index in [1.54, 1.807) is 0 Å². The van der Waals surface area contributed by atoms with E-state index in [0.29, 0.717) is 23.3 Å². The van der Waals surface area contributed by atoms with Gasteiger partial charge in [-0.3, -0.25) is 4.79 Å². The molecular weight excluding hydrogens is 260 g/mol. The molecule has 4 aliphatic carbocycles. The molecule has 1 amide bonds. The van der Waals surface area contributed by atoms with Crippen LogP contribution in [0.5, 0.6) is 0 Å². The first-order chi connectivity index (χ1) is 9.66. The van der Waals surface area contributed by atoms with E-state index in [4.69, 9.17) is 5.73 Å². The van der Waals surface area contributed by atoms with Crippen LogP contribution in [0.15, 0.2) is 0 Å². The quantitative estimate of drug-likeness (QED) is 0.836. The van der Waals surface area contributed by atoms with Crippen molar-refractivity contribution in [2.75, 3.05) is 6.54 Å². The molecule has 0 saturated heterocycles. The largest absolute Gasteiger partial charge is 0.349 e. The van der Waals surface area contributed by atoms with E-state index < -0.39 is 0 Å². The minimum absolute atomic E-state index is 0.117. The third-order valence-corrected chi connectivity index (χ3v) is 6.75. The molecule has 3 nitrogen and oxygen atoms in total. The summed E-state index contributed by atoms with van der Waals surface area (Å²) in [6.07, 6.45) is 8.15. The molecule has 0 aromatic rings. The fraction of sp³-hybridized carbons (Fsp3) is 0.944. The Morgan fingerprint density at radius 1 is 1.19 bits per heavy atom. The highest BCUT2D eigenvalue weighted by Crippen LogP contribution is 2.69. The van der Waals surface area contributed by atoms with E-state index in [9.17, 15) is 4.79 Å². The number of carbonyl (C=O) groups is 1. The van der Waals surface area contributed by atoms with E-state index in [1.165, 1.54) is 19.3 Å². The monoisotopic (exact) mass is 292 g/mol. The Morgan fingerprint density at radius 2 is 1.76 bits per heavy atom. The Hall–Kier alpha value is -0.570. The summed E-state index contributed by atoms with van der Waals surface area (Å²) < 4.78 is 0. The van der Waals surface area contributed by atoms with Crippen molar-refractivity contribution in [3.8, 4) is 0 Å². The average molecular weight is 292 g/mol. The van der Waals surface area contributed by atoms with Gasteiger partial charge in [0.15, 0.2) is 0 Å². The van der Waals surface area contributed by atoms with Gasteiger partial charge in [-0.1, -0.05) is 20.8 Å². The van der Waals surface area contributed by atoms with Crippen molar-refractivity contribution >= 4 is 5.91 Å². The van der Waals surface area contributed by atoms with Gasteiger partial charge in [0.05, 0.1) is 5.41 Å². The zero-order chi connectivity index (χ0) is 15.5. The van der Waals surface area contributed by atoms with Gasteiger partial charge >= 0.3 is 0 Å². The van der Waals surface area contributed by atoms with Crippen LogP contribution in [0, 0.1) is 22.2 Å². The van der Waals surface area contributed by atoms with E-state index in [0.717, 1.165) is 31.6 Å². The molecule has 0 spiro atoms.